The lowest BCUT2D eigenvalue weighted by Gasteiger charge is -2.04. The molecule has 0 heterocycles. The molecule has 0 aliphatic carbocycles. The van der Waals surface area contributed by atoms with E-state index in [9.17, 15) is 4.79 Å². The molecule has 0 atom stereocenters. The molecule has 3 heteroatoms. The molecule has 0 aliphatic rings. The first-order valence-electron chi connectivity index (χ1n) is 6.58. The van der Waals surface area contributed by atoms with E-state index in [1.165, 1.54) is 11.6 Å². The second kappa shape index (κ2) is 8.48. The normalized spacial score (nSPS) is 11.2. The molecular weight excluding hydrogens is 240 g/mol. The molecule has 0 aliphatic heterocycles. The van der Waals surface area contributed by atoms with Crippen LogP contribution < -0.4 is 0 Å². The average Bonchev–Trinajstić information content (AvgIpc) is 2.37. The summed E-state index contributed by atoms with van der Waals surface area (Å²) in [6.45, 7) is 4.45. The molecule has 0 bridgehead atoms. The van der Waals surface area contributed by atoms with Gasteiger partial charge in [-0.15, -0.1) is 0 Å². The fourth-order valence-corrected chi connectivity index (χ4v) is 1.65. The molecule has 0 radical (unpaired) electrons. The number of hydrogen-bond acceptors (Lipinski definition) is 3. The van der Waals surface area contributed by atoms with Crippen LogP contribution >= 0.6 is 0 Å². The van der Waals surface area contributed by atoms with Gasteiger partial charge >= 0.3 is 5.97 Å². The SMILES string of the molecule is COCCCc1ccc(/C=C/C(=O)OC(C)C)cc1. The number of rotatable bonds is 7. The van der Waals surface area contributed by atoms with E-state index in [2.05, 4.69) is 12.1 Å². The van der Waals surface area contributed by atoms with E-state index in [0.29, 0.717) is 0 Å². The van der Waals surface area contributed by atoms with E-state index in [4.69, 9.17) is 9.47 Å². The number of carbonyl (C=O) groups is 1. The smallest absolute Gasteiger partial charge is 0.331 e. The van der Waals surface area contributed by atoms with Gasteiger partial charge in [0.05, 0.1) is 6.10 Å². The van der Waals surface area contributed by atoms with Gasteiger partial charge in [0.15, 0.2) is 0 Å². The highest BCUT2D eigenvalue weighted by Crippen LogP contribution is 2.08. The Bertz CT molecular complexity index is 405. The highest BCUT2D eigenvalue weighted by atomic mass is 16.5. The first-order valence-corrected chi connectivity index (χ1v) is 6.58. The van der Waals surface area contributed by atoms with Crippen molar-refractivity contribution in [1.29, 1.82) is 0 Å². The molecule has 0 aromatic heterocycles. The molecule has 104 valence electrons. The summed E-state index contributed by atoms with van der Waals surface area (Å²) in [6.07, 6.45) is 5.17. The second-order valence-electron chi connectivity index (χ2n) is 4.66. The summed E-state index contributed by atoms with van der Waals surface area (Å²) < 4.78 is 10.0. The minimum absolute atomic E-state index is 0.0830. The van der Waals surface area contributed by atoms with E-state index in [0.717, 1.165) is 25.0 Å². The summed E-state index contributed by atoms with van der Waals surface area (Å²) in [6, 6.07) is 8.15. The Morgan fingerprint density at radius 3 is 2.53 bits per heavy atom. The minimum Gasteiger partial charge on any atom is -0.460 e. The summed E-state index contributed by atoms with van der Waals surface area (Å²) in [5.74, 6) is -0.306. The zero-order chi connectivity index (χ0) is 14.1. The van der Waals surface area contributed by atoms with Crippen LogP contribution in [0.15, 0.2) is 30.3 Å². The monoisotopic (exact) mass is 262 g/mol. The van der Waals surface area contributed by atoms with Crippen molar-refractivity contribution in [1.82, 2.24) is 0 Å². The van der Waals surface area contributed by atoms with Gasteiger partial charge in [-0.1, -0.05) is 24.3 Å². The summed E-state index contributed by atoms with van der Waals surface area (Å²) in [5.41, 5.74) is 2.27. The van der Waals surface area contributed by atoms with Crippen LogP contribution in [0.5, 0.6) is 0 Å². The topological polar surface area (TPSA) is 35.5 Å². The first-order chi connectivity index (χ1) is 9.11. The first kappa shape index (κ1) is 15.4. The van der Waals surface area contributed by atoms with Gasteiger partial charge in [0.1, 0.15) is 0 Å². The van der Waals surface area contributed by atoms with Gasteiger partial charge in [-0.2, -0.15) is 0 Å². The predicted molar refractivity (Wildman–Crippen MR) is 76.9 cm³/mol. The maximum absolute atomic E-state index is 11.3. The van der Waals surface area contributed by atoms with Crippen LogP contribution in [0.25, 0.3) is 6.08 Å². The zero-order valence-corrected chi connectivity index (χ0v) is 11.9. The number of esters is 1. The van der Waals surface area contributed by atoms with Gasteiger partial charge in [0, 0.05) is 19.8 Å². The molecule has 3 nitrogen and oxygen atoms in total. The van der Waals surface area contributed by atoms with Crippen molar-refractivity contribution in [3.8, 4) is 0 Å². The number of aryl methyl sites for hydroxylation is 1. The van der Waals surface area contributed by atoms with Crippen molar-refractivity contribution in [3.63, 3.8) is 0 Å². The quantitative estimate of drug-likeness (QED) is 0.430. The number of methoxy groups -OCH3 is 1. The maximum atomic E-state index is 11.3. The van der Waals surface area contributed by atoms with Crippen molar-refractivity contribution in [2.45, 2.75) is 32.8 Å². The van der Waals surface area contributed by atoms with Crippen molar-refractivity contribution < 1.29 is 14.3 Å². The molecule has 1 rings (SSSR count). The third-order valence-corrected chi connectivity index (χ3v) is 2.56. The number of carbonyl (C=O) groups excluding carboxylic acids is 1. The average molecular weight is 262 g/mol. The van der Waals surface area contributed by atoms with Gasteiger partial charge in [0.2, 0.25) is 0 Å². The Kier molecular flexibility index (Phi) is 6.90. The molecule has 1 aromatic rings. The molecule has 0 saturated carbocycles. The van der Waals surface area contributed by atoms with Crippen LogP contribution in [-0.2, 0) is 20.7 Å². The summed E-state index contributed by atoms with van der Waals surface area (Å²) in [5, 5.41) is 0. The molecule has 19 heavy (non-hydrogen) atoms. The molecule has 0 fully saturated rings. The van der Waals surface area contributed by atoms with E-state index in [1.54, 1.807) is 13.2 Å². The van der Waals surface area contributed by atoms with Crippen molar-refractivity contribution in [2.24, 2.45) is 0 Å². The van der Waals surface area contributed by atoms with E-state index in [1.807, 2.05) is 26.0 Å². The molecule has 0 amide bonds. The van der Waals surface area contributed by atoms with Crippen molar-refractivity contribution in [2.75, 3.05) is 13.7 Å². The standard InChI is InChI=1S/C16H22O3/c1-13(2)19-16(17)11-10-15-8-6-14(7-9-15)5-4-12-18-3/h6-11,13H,4-5,12H2,1-3H3/b11-10+. The van der Waals surface area contributed by atoms with Crippen LogP contribution in [0.2, 0.25) is 0 Å². The number of hydrogen-bond donors (Lipinski definition) is 0. The molecule has 0 unspecified atom stereocenters. The third-order valence-electron chi connectivity index (χ3n) is 2.56. The Labute approximate surface area is 115 Å². The van der Waals surface area contributed by atoms with Crippen LogP contribution in [0.4, 0.5) is 0 Å². The summed E-state index contributed by atoms with van der Waals surface area (Å²) >= 11 is 0. The Morgan fingerprint density at radius 2 is 1.95 bits per heavy atom. The van der Waals surface area contributed by atoms with E-state index in [-0.39, 0.29) is 12.1 Å². The van der Waals surface area contributed by atoms with Crippen LogP contribution in [-0.4, -0.2) is 25.8 Å². The Balaban J connectivity index is 2.47. The molecule has 1 aromatic carbocycles. The van der Waals surface area contributed by atoms with Gasteiger partial charge in [0.25, 0.3) is 0 Å². The minimum atomic E-state index is -0.306. The second-order valence-corrected chi connectivity index (χ2v) is 4.66. The number of benzene rings is 1. The third kappa shape index (κ3) is 6.77. The van der Waals surface area contributed by atoms with Gasteiger partial charge < -0.3 is 9.47 Å². The summed E-state index contributed by atoms with van der Waals surface area (Å²) in [7, 11) is 1.71. The Morgan fingerprint density at radius 1 is 1.26 bits per heavy atom. The van der Waals surface area contributed by atoms with Crippen molar-refractivity contribution in [3.05, 3.63) is 41.5 Å². The molecule has 0 N–H and O–H groups in total. The van der Waals surface area contributed by atoms with Crippen molar-refractivity contribution >= 4 is 12.0 Å². The van der Waals surface area contributed by atoms with Crippen LogP contribution in [0.1, 0.15) is 31.4 Å². The lowest BCUT2D eigenvalue weighted by molar-refractivity contribution is -0.141. The van der Waals surface area contributed by atoms with Gasteiger partial charge in [-0.05, 0) is 43.9 Å². The lowest BCUT2D eigenvalue weighted by atomic mass is 10.1. The highest BCUT2D eigenvalue weighted by molar-refractivity contribution is 5.87. The van der Waals surface area contributed by atoms with Crippen LogP contribution in [0.3, 0.4) is 0 Å². The number of ether oxygens (including phenoxy) is 2. The van der Waals surface area contributed by atoms with E-state index >= 15 is 0 Å². The van der Waals surface area contributed by atoms with Gasteiger partial charge in [-0.25, -0.2) is 4.79 Å². The fraction of sp³-hybridized carbons (Fsp3) is 0.438. The lowest BCUT2D eigenvalue weighted by Crippen LogP contribution is -2.08. The van der Waals surface area contributed by atoms with Gasteiger partial charge in [-0.3, -0.25) is 0 Å². The highest BCUT2D eigenvalue weighted by Gasteiger charge is 1.99. The Hall–Kier alpha value is -1.61. The zero-order valence-electron chi connectivity index (χ0n) is 11.9. The molecular formula is C16H22O3. The summed E-state index contributed by atoms with van der Waals surface area (Å²) in [4.78, 5) is 11.3. The van der Waals surface area contributed by atoms with Crippen LogP contribution in [0, 0.1) is 0 Å². The predicted octanol–water partition coefficient (Wildman–Crippen LogP) is 3.23. The van der Waals surface area contributed by atoms with E-state index < -0.39 is 0 Å². The molecule has 0 spiro atoms. The maximum Gasteiger partial charge on any atom is 0.331 e. The molecule has 0 saturated heterocycles. The largest absolute Gasteiger partial charge is 0.460 e. The fourth-order valence-electron chi connectivity index (χ4n) is 1.65.